The molecule has 2 aromatic heterocycles. The number of nitrogens with zero attached hydrogens (tertiary/aromatic N) is 1. The highest BCUT2D eigenvalue weighted by atomic mass is 79.9. The van der Waals surface area contributed by atoms with Crippen molar-refractivity contribution in [3.8, 4) is 0 Å². The van der Waals surface area contributed by atoms with Crippen LogP contribution in [0.3, 0.4) is 0 Å². The van der Waals surface area contributed by atoms with Crippen molar-refractivity contribution < 1.29 is 9.53 Å². The van der Waals surface area contributed by atoms with Gasteiger partial charge in [-0.1, -0.05) is 0 Å². The predicted molar refractivity (Wildman–Crippen MR) is 77.9 cm³/mol. The fraction of sp³-hybridized carbons (Fsp3) is 0.231. The van der Waals surface area contributed by atoms with Crippen molar-refractivity contribution in [1.29, 1.82) is 0 Å². The van der Waals surface area contributed by atoms with E-state index in [9.17, 15) is 9.59 Å². The highest BCUT2D eigenvalue weighted by molar-refractivity contribution is 9.10. The zero-order chi connectivity index (χ0) is 14.0. The lowest BCUT2D eigenvalue weighted by molar-refractivity contribution is 0.0606. The van der Waals surface area contributed by atoms with E-state index in [0.29, 0.717) is 11.4 Å². The SMILES string of the molecule is COC(=O)c1cc(Cn2cc(Br)ccc2=O)c(C)s1. The van der Waals surface area contributed by atoms with Gasteiger partial charge in [-0.15, -0.1) is 11.3 Å². The van der Waals surface area contributed by atoms with Gasteiger partial charge in [0.1, 0.15) is 4.88 Å². The van der Waals surface area contributed by atoms with Gasteiger partial charge in [0, 0.05) is 21.6 Å². The Morgan fingerprint density at radius 3 is 2.89 bits per heavy atom. The summed E-state index contributed by atoms with van der Waals surface area (Å²) in [4.78, 5) is 24.8. The summed E-state index contributed by atoms with van der Waals surface area (Å²) in [6.07, 6.45) is 1.73. The second-order valence-electron chi connectivity index (χ2n) is 4.00. The molecule has 6 heteroatoms. The van der Waals surface area contributed by atoms with Gasteiger partial charge in [0.05, 0.1) is 13.7 Å². The van der Waals surface area contributed by atoms with Crippen LogP contribution in [0.1, 0.15) is 20.1 Å². The molecule has 4 nitrogen and oxygen atoms in total. The number of hydrogen-bond donors (Lipinski definition) is 0. The highest BCUT2D eigenvalue weighted by Gasteiger charge is 2.13. The number of aromatic nitrogens is 1. The van der Waals surface area contributed by atoms with Gasteiger partial charge < -0.3 is 9.30 Å². The maximum Gasteiger partial charge on any atom is 0.348 e. The predicted octanol–water partition coefficient (Wildman–Crippen LogP) is 2.82. The molecular weight excluding hydrogens is 330 g/mol. The molecule has 2 rings (SSSR count). The molecule has 19 heavy (non-hydrogen) atoms. The molecule has 0 spiro atoms. The van der Waals surface area contributed by atoms with E-state index >= 15 is 0 Å². The molecule has 100 valence electrons. The third-order valence-electron chi connectivity index (χ3n) is 2.70. The van der Waals surface area contributed by atoms with Crippen LogP contribution < -0.4 is 5.56 Å². The highest BCUT2D eigenvalue weighted by Crippen LogP contribution is 2.23. The number of carbonyl (C=O) groups is 1. The van der Waals surface area contributed by atoms with Crippen LogP contribution in [-0.2, 0) is 11.3 Å². The van der Waals surface area contributed by atoms with Crippen LogP contribution >= 0.6 is 27.3 Å². The van der Waals surface area contributed by atoms with Crippen molar-refractivity contribution in [2.45, 2.75) is 13.5 Å². The summed E-state index contributed by atoms with van der Waals surface area (Å²) < 4.78 is 7.13. The van der Waals surface area contributed by atoms with Crippen LogP contribution in [-0.4, -0.2) is 17.6 Å². The molecule has 0 amide bonds. The first-order valence-corrected chi connectivity index (χ1v) is 7.16. The standard InChI is InChI=1S/C13H12BrNO3S/c1-8-9(5-11(19-8)13(17)18-2)6-15-7-10(14)3-4-12(15)16/h3-5,7H,6H2,1-2H3. The number of esters is 1. The van der Waals surface area contributed by atoms with E-state index in [-0.39, 0.29) is 11.5 Å². The average molecular weight is 342 g/mol. The van der Waals surface area contributed by atoms with E-state index in [1.165, 1.54) is 24.5 Å². The van der Waals surface area contributed by atoms with Gasteiger partial charge in [-0.2, -0.15) is 0 Å². The lowest BCUT2D eigenvalue weighted by atomic mass is 10.2. The molecule has 2 heterocycles. The molecule has 0 aliphatic carbocycles. The van der Waals surface area contributed by atoms with Crippen molar-refractivity contribution in [1.82, 2.24) is 4.57 Å². The van der Waals surface area contributed by atoms with Gasteiger partial charge in [-0.3, -0.25) is 4.79 Å². The van der Waals surface area contributed by atoms with Crippen molar-refractivity contribution in [3.63, 3.8) is 0 Å². The summed E-state index contributed by atoms with van der Waals surface area (Å²) in [5, 5.41) is 0. The van der Waals surface area contributed by atoms with E-state index in [1.54, 1.807) is 22.9 Å². The van der Waals surface area contributed by atoms with Crippen LogP contribution in [0.4, 0.5) is 0 Å². The third-order valence-corrected chi connectivity index (χ3v) is 4.24. The summed E-state index contributed by atoms with van der Waals surface area (Å²) in [6.45, 7) is 2.37. The number of rotatable bonds is 3. The maximum absolute atomic E-state index is 11.7. The number of thiophene rings is 1. The Labute approximate surface area is 122 Å². The molecule has 0 aliphatic rings. The first-order chi connectivity index (χ1) is 9.01. The van der Waals surface area contributed by atoms with E-state index in [1.807, 2.05) is 6.92 Å². The molecule has 0 saturated heterocycles. The van der Waals surface area contributed by atoms with E-state index < -0.39 is 0 Å². The Morgan fingerprint density at radius 2 is 2.21 bits per heavy atom. The zero-order valence-electron chi connectivity index (χ0n) is 10.5. The molecule has 0 bridgehead atoms. The molecule has 0 fully saturated rings. The van der Waals surface area contributed by atoms with Gasteiger partial charge >= 0.3 is 5.97 Å². The quantitative estimate of drug-likeness (QED) is 0.806. The monoisotopic (exact) mass is 341 g/mol. The number of hydrogen-bond acceptors (Lipinski definition) is 4. The molecule has 2 aromatic rings. The summed E-state index contributed by atoms with van der Waals surface area (Å²) >= 11 is 4.71. The van der Waals surface area contributed by atoms with Crippen LogP contribution in [0.2, 0.25) is 0 Å². The topological polar surface area (TPSA) is 48.3 Å². The Bertz CT molecular complexity index is 675. The van der Waals surface area contributed by atoms with Gasteiger partial charge in [0.2, 0.25) is 0 Å². The van der Waals surface area contributed by atoms with Crippen LogP contribution in [0, 0.1) is 6.92 Å². The smallest absolute Gasteiger partial charge is 0.348 e. The number of carbonyl (C=O) groups excluding carboxylic acids is 1. The molecule has 0 saturated carbocycles. The van der Waals surface area contributed by atoms with Gasteiger partial charge in [0.25, 0.3) is 5.56 Å². The molecule has 0 atom stereocenters. The van der Waals surface area contributed by atoms with Gasteiger partial charge in [0.15, 0.2) is 0 Å². The molecular formula is C13H12BrNO3S. The minimum Gasteiger partial charge on any atom is -0.465 e. The third kappa shape index (κ3) is 3.13. The molecule has 0 aliphatic heterocycles. The van der Waals surface area contributed by atoms with Crippen molar-refractivity contribution in [2.75, 3.05) is 7.11 Å². The summed E-state index contributed by atoms with van der Waals surface area (Å²) in [6, 6.07) is 4.99. The first-order valence-electron chi connectivity index (χ1n) is 5.55. The molecule has 0 radical (unpaired) electrons. The fourth-order valence-corrected chi connectivity index (χ4v) is 3.02. The number of halogens is 1. The van der Waals surface area contributed by atoms with Gasteiger partial charge in [-0.25, -0.2) is 4.79 Å². The largest absolute Gasteiger partial charge is 0.465 e. The van der Waals surface area contributed by atoms with E-state index in [4.69, 9.17) is 4.74 Å². The normalized spacial score (nSPS) is 10.5. The number of methoxy groups -OCH3 is 1. The second kappa shape index (κ2) is 5.71. The second-order valence-corrected chi connectivity index (χ2v) is 6.17. The lowest BCUT2D eigenvalue weighted by Gasteiger charge is -2.05. The number of aryl methyl sites for hydroxylation is 1. The number of ether oxygens (including phenoxy) is 1. The average Bonchev–Trinajstić information content (AvgIpc) is 2.74. The van der Waals surface area contributed by atoms with Crippen molar-refractivity contribution >= 4 is 33.2 Å². The van der Waals surface area contributed by atoms with E-state index in [2.05, 4.69) is 15.9 Å². The maximum atomic E-state index is 11.7. The van der Waals surface area contributed by atoms with Crippen molar-refractivity contribution in [2.24, 2.45) is 0 Å². The lowest BCUT2D eigenvalue weighted by Crippen LogP contribution is -2.18. The summed E-state index contributed by atoms with van der Waals surface area (Å²) in [5.41, 5.74) is 0.874. The van der Waals surface area contributed by atoms with E-state index in [0.717, 1.165) is 14.9 Å². The van der Waals surface area contributed by atoms with Gasteiger partial charge in [-0.05, 0) is 40.5 Å². The van der Waals surface area contributed by atoms with Crippen LogP contribution in [0.5, 0.6) is 0 Å². The first kappa shape index (κ1) is 14.0. The molecule has 0 aromatic carbocycles. The van der Waals surface area contributed by atoms with Crippen LogP contribution in [0.15, 0.2) is 33.7 Å². The fourth-order valence-electron chi connectivity index (χ4n) is 1.69. The Balaban J connectivity index is 2.33. The number of pyridine rings is 1. The molecule has 0 N–H and O–H groups in total. The van der Waals surface area contributed by atoms with Crippen molar-refractivity contribution in [3.05, 3.63) is 54.5 Å². The Kier molecular flexibility index (Phi) is 4.21. The van der Waals surface area contributed by atoms with Crippen LogP contribution in [0.25, 0.3) is 0 Å². The zero-order valence-corrected chi connectivity index (χ0v) is 12.9. The summed E-state index contributed by atoms with van der Waals surface area (Å²) in [7, 11) is 1.36. The minimum absolute atomic E-state index is 0.0755. The Hall–Kier alpha value is -1.40. The minimum atomic E-state index is -0.346. The Morgan fingerprint density at radius 1 is 1.47 bits per heavy atom. The summed E-state index contributed by atoms with van der Waals surface area (Å²) in [5.74, 6) is -0.346. The molecule has 0 unspecified atom stereocenters.